The molecule has 1 fully saturated rings. The fourth-order valence-electron chi connectivity index (χ4n) is 12.3. The number of hydrogen-bond acceptors (Lipinski definition) is 7. The third-order valence-electron chi connectivity index (χ3n) is 17.9. The van der Waals surface area contributed by atoms with Gasteiger partial charge in [-0.3, -0.25) is 19.4 Å². The number of methoxy groups -OCH3 is 1. The van der Waals surface area contributed by atoms with Crippen LogP contribution in [0.4, 0.5) is 0 Å². The van der Waals surface area contributed by atoms with Crippen LogP contribution in [0.5, 0.6) is 0 Å². The van der Waals surface area contributed by atoms with Gasteiger partial charge in [0.25, 0.3) is 0 Å². The van der Waals surface area contributed by atoms with Gasteiger partial charge in [0.05, 0.1) is 13.7 Å². The lowest BCUT2D eigenvalue weighted by Crippen LogP contribution is -2.52. The lowest BCUT2D eigenvalue weighted by molar-refractivity contribution is -0.140. The van der Waals surface area contributed by atoms with Crippen molar-refractivity contribution in [1.82, 2.24) is 24.5 Å². The molecule has 0 spiro atoms. The van der Waals surface area contributed by atoms with Gasteiger partial charge >= 0.3 is 5.97 Å². The standard InChI is InChI=1S/C71H143N5O3/c1-6-10-14-18-22-26-32-38-44-50-56-72(57-51-45-39-33-27-23-19-15-11-7-2)61-62-73(58-52-46-40-34-28-24-20-16-12-8-3)63-64-74-65-67-76(68-66-74)70(77)69-75(59-53-47-41-35-29-25-21-17-13-9-4)60-54-48-42-36-30-31-37-43-49-55-71(78)79-5/h6-69H2,1-5H3. The van der Waals surface area contributed by atoms with E-state index in [9.17, 15) is 9.59 Å². The predicted molar refractivity (Wildman–Crippen MR) is 348 cm³/mol. The van der Waals surface area contributed by atoms with Crippen LogP contribution in [0.1, 0.15) is 349 Å². The van der Waals surface area contributed by atoms with E-state index in [0.717, 1.165) is 58.7 Å². The number of esters is 1. The molecular formula is C71H143N5O3. The van der Waals surface area contributed by atoms with Crippen molar-refractivity contribution < 1.29 is 14.3 Å². The average molecular weight is 1110 g/mol. The fraction of sp³-hybridized carbons (Fsp3) is 0.972. The van der Waals surface area contributed by atoms with Crippen LogP contribution in [0.3, 0.4) is 0 Å². The van der Waals surface area contributed by atoms with Crippen molar-refractivity contribution in [1.29, 1.82) is 0 Å². The molecule has 1 aliphatic rings. The average Bonchev–Trinajstić information content (AvgIpc) is 3.46. The molecule has 8 heteroatoms. The third-order valence-corrected chi connectivity index (χ3v) is 17.9. The van der Waals surface area contributed by atoms with Gasteiger partial charge in [0.1, 0.15) is 0 Å². The number of carbonyl (C=O) groups excluding carboxylic acids is 2. The summed E-state index contributed by atoms with van der Waals surface area (Å²) >= 11 is 0. The van der Waals surface area contributed by atoms with Crippen LogP contribution in [0, 0.1) is 0 Å². The summed E-state index contributed by atoms with van der Waals surface area (Å²) in [7, 11) is 1.48. The summed E-state index contributed by atoms with van der Waals surface area (Å²) in [6, 6.07) is 0. The molecule has 0 saturated carbocycles. The number of unbranched alkanes of at least 4 members (excludes halogenated alkanes) is 44. The summed E-state index contributed by atoms with van der Waals surface area (Å²) < 4.78 is 4.79. The summed E-state index contributed by atoms with van der Waals surface area (Å²) in [5.41, 5.74) is 0. The fourth-order valence-corrected chi connectivity index (χ4v) is 12.3. The SMILES string of the molecule is CCCCCCCCCCCCN(CCCCCCCCCCCC)CCN(CCCCCCCCCCCC)CCN1CCN(C(=O)CN(CCCCCCCCCCCC)CCCCCCCCCCCC(=O)OC)CC1. The summed E-state index contributed by atoms with van der Waals surface area (Å²) in [6.07, 6.45) is 67.3. The number of carbonyl (C=O) groups is 2. The van der Waals surface area contributed by atoms with Crippen molar-refractivity contribution in [2.75, 3.05) is 98.7 Å². The van der Waals surface area contributed by atoms with Crippen LogP contribution in [-0.4, -0.2) is 135 Å². The van der Waals surface area contributed by atoms with Gasteiger partial charge in [-0.15, -0.1) is 0 Å². The highest BCUT2D eigenvalue weighted by atomic mass is 16.5. The molecule has 1 saturated heterocycles. The zero-order valence-corrected chi connectivity index (χ0v) is 54.7. The van der Waals surface area contributed by atoms with Crippen molar-refractivity contribution in [2.45, 2.75) is 349 Å². The van der Waals surface area contributed by atoms with E-state index in [-0.39, 0.29) is 5.97 Å². The molecule has 1 amide bonds. The minimum Gasteiger partial charge on any atom is -0.469 e. The van der Waals surface area contributed by atoms with Gasteiger partial charge in [0, 0.05) is 58.8 Å². The van der Waals surface area contributed by atoms with Crippen molar-refractivity contribution in [3.63, 3.8) is 0 Å². The largest absolute Gasteiger partial charge is 0.469 e. The molecule has 1 rings (SSSR count). The second-order valence-corrected chi connectivity index (χ2v) is 25.4. The van der Waals surface area contributed by atoms with Crippen molar-refractivity contribution in [3.05, 3.63) is 0 Å². The molecule has 0 aromatic rings. The van der Waals surface area contributed by atoms with Gasteiger partial charge in [0.15, 0.2) is 0 Å². The normalized spacial score (nSPS) is 13.3. The molecule has 1 aliphatic heterocycles. The quantitative estimate of drug-likeness (QED) is 0.0444. The highest BCUT2D eigenvalue weighted by Crippen LogP contribution is 2.18. The number of rotatable bonds is 64. The number of ether oxygens (including phenoxy) is 1. The van der Waals surface area contributed by atoms with Gasteiger partial charge in [0.2, 0.25) is 5.91 Å². The Balaban J connectivity index is 2.78. The van der Waals surface area contributed by atoms with Gasteiger partial charge in [-0.2, -0.15) is 0 Å². The van der Waals surface area contributed by atoms with E-state index < -0.39 is 0 Å². The first kappa shape index (κ1) is 75.8. The minimum atomic E-state index is -0.0791. The maximum atomic E-state index is 14.0. The van der Waals surface area contributed by atoms with Gasteiger partial charge in [-0.1, -0.05) is 304 Å². The Labute approximate surface area is 496 Å². The van der Waals surface area contributed by atoms with Crippen LogP contribution >= 0.6 is 0 Å². The predicted octanol–water partition coefficient (Wildman–Crippen LogP) is 19.8. The summed E-state index contributed by atoms with van der Waals surface area (Å²) in [5.74, 6) is 0.288. The van der Waals surface area contributed by atoms with Gasteiger partial charge in [-0.05, 0) is 71.2 Å². The Morgan fingerprint density at radius 1 is 0.304 bits per heavy atom. The lowest BCUT2D eigenvalue weighted by atomic mass is 10.1. The van der Waals surface area contributed by atoms with Crippen LogP contribution < -0.4 is 0 Å². The van der Waals surface area contributed by atoms with Crippen LogP contribution in [0.2, 0.25) is 0 Å². The molecule has 0 N–H and O–H groups in total. The van der Waals surface area contributed by atoms with Crippen LogP contribution in [0.15, 0.2) is 0 Å². The van der Waals surface area contributed by atoms with Crippen molar-refractivity contribution in [3.8, 4) is 0 Å². The molecule has 470 valence electrons. The first-order valence-corrected chi connectivity index (χ1v) is 36.2. The first-order valence-electron chi connectivity index (χ1n) is 36.2. The highest BCUT2D eigenvalue weighted by Gasteiger charge is 2.23. The summed E-state index contributed by atoms with van der Waals surface area (Å²) in [4.78, 5) is 38.6. The molecule has 0 aromatic heterocycles. The van der Waals surface area contributed by atoms with Crippen molar-refractivity contribution in [2.24, 2.45) is 0 Å². The molecule has 0 atom stereocenters. The molecule has 0 radical (unpaired) electrons. The molecule has 79 heavy (non-hydrogen) atoms. The van der Waals surface area contributed by atoms with E-state index in [2.05, 4.69) is 52.2 Å². The topological polar surface area (TPSA) is 59.6 Å². The van der Waals surface area contributed by atoms with Crippen LogP contribution in [-0.2, 0) is 14.3 Å². The molecule has 0 unspecified atom stereocenters. The summed E-state index contributed by atoms with van der Waals surface area (Å²) in [6.45, 7) is 24.4. The second-order valence-electron chi connectivity index (χ2n) is 25.4. The zero-order valence-electron chi connectivity index (χ0n) is 54.7. The zero-order chi connectivity index (χ0) is 57.0. The van der Waals surface area contributed by atoms with Crippen molar-refractivity contribution >= 4 is 11.9 Å². The first-order chi connectivity index (χ1) is 39.0. The van der Waals surface area contributed by atoms with E-state index >= 15 is 0 Å². The van der Waals surface area contributed by atoms with E-state index in [4.69, 9.17) is 4.74 Å². The second kappa shape index (κ2) is 61.3. The molecule has 1 heterocycles. The molecule has 8 nitrogen and oxygen atoms in total. The molecular weight excluding hydrogens is 971 g/mol. The van der Waals surface area contributed by atoms with E-state index in [1.165, 1.54) is 348 Å². The maximum Gasteiger partial charge on any atom is 0.305 e. The Bertz CT molecular complexity index is 1210. The van der Waals surface area contributed by atoms with E-state index in [0.29, 0.717) is 18.9 Å². The summed E-state index contributed by atoms with van der Waals surface area (Å²) in [5, 5.41) is 0. The molecule has 0 aromatic carbocycles. The highest BCUT2D eigenvalue weighted by molar-refractivity contribution is 5.78. The molecule has 0 bridgehead atoms. The third kappa shape index (κ3) is 52.1. The smallest absolute Gasteiger partial charge is 0.305 e. The van der Waals surface area contributed by atoms with E-state index in [1.807, 2.05) is 0 Å². The Morgan fingerprint density at radius 3 is 0.848 bits per heavy atom. The van der Waals surface area contributed by atoms with Gasteiger partial charge < -0.3 is 19.4 Å². The monoisotopic (exact) mass is 1110 g/mol. The Hall–Kier alpha value is -1.22. The van der Waals surface area contributed by atoms with Crippen LogP contribution in [0.25, 0.3) is 0 Å². The molecule has 0 aliphatic carbocycles. The number of hydrogen-bond donors (Lipinski definition) is 0. The Morgan fingerprint density at radius 2 is 0.557 bits per heavy atom. The lowest BCUT2D eigenvalue weighted by Gasteiger charge is -2.37. The number of piperazine rings is 1. The Kier molecular flexibility index (Phi) is 58.9. The number of amides is 1. The van der Waals surface area contributed by atoms with E-state index in [1.54, 1.807) is 0 Å². The van der Waals surface area contributed by atoms with Gasteiger partial charge in [-0.25, -0.2) is 0 Å². The maximum absolute atomic E-state index is 14.0. The number of nitrogens with zero attached hydrogens (tertiary/aromatic N) is 5. The minimum absolute atomic E-state index is 0.0791.